The lowest BCUT2D eigenvalue weighted by molar-refractivity contribution is -0.137. The number of nitrogen functional groups attached to an aromatic ring is 1. The van der Waals surface area contributed by atoms with Crippen LogP contribution < -0.4 is 16.1 Å². The zero-order valence-electron chi connectivity index (χ0n) is 18.1. The molecule has 1 saturated carbocycles. The van der Waals surface area contributed by atoms with E-state index in [2.05, 4.69) is 4.90 Å². The van der Waals surface area contributed by atoms with Crippen LogP contribution in [0.1, 0.15) is 24.0 Å². The first-order valence-corrected chi connectivity index (χ1v) is 10.9. The highest BCUT2D eigenvalue weighted by molar-refractivity contribution is 5.86. The Kier molecular flexibility index (Phi) is 4.93. The van der Waals surface area contributed by atoms with Gasteiger partial charge in [-0.2, -0.15) is 13.2 Å². The van der Waals surface area contributed by atoms with Crippen molar-refractivity contribution in [1.82, 2.24) is 9.47 Å². The fourth-order valence-electron chi connectivity index (χ4n) is 4.76. The van der Waals surface area contributed by atoms with Crippen LogP contribution in [0.15, 0.2) is 47.4 Å². The molecule has 0 amide bonds. The molecule has 3 aromatic rings. The van der Waals surface area contributed by atoms with Crippen LogP contribution in [0.5, 0.6) is 0 Å². The van der Waals surface area contributed by atoms with Gasteiger partial charge in [-0.15, -0.1) is 0 Å². The number of anilines is 2. The molecule has 0 spiro atoms. The number of benzene rings is 2. The van der Waals surface area contributed by atoms with Crippen LogP contribution >= 0.6 is 0 Å². The van der Waals surface area contributed by atoms with Gasteiger partial charge in [0.25, 0.3) is 0 Å². The van der Waals surface area contributed by atoms with Gasteiger partial charge in [0.2, 0.25) is 5.43 Å². The Balaban J connectivity index is 1.65. The Hall–Kier alpha value is -3.07. The summed E-state index contributed by atoms with van der Waals surface area (Å²) < 4.78 is 56.1. The van der Waals surface area contributed by atoms with Crippen LogP contribution in [0.3, 0.4) is 0 Å². The van der Waals surface area contributed by atoms with E-state index >= 15 is 4.39 Å². The van der Waals surface area contributed by atoms with Gasteiger partial charge in [-0.25, -0.2) is 4.39 Å². The van der Waals surface area contributed by atoms with Gasteiger partial charge in [0, 0.05) is 32.4 Å². The van der Waals surface area contributed by atoms with Crippen LogP contribution in [0.4, 0.5) is 28.9 Å². The van der Waals surface area contributed by atoms with Gasteiger partial charge < -0.3 is 20.1 Å². The van der Waals surface area contributed by atoms with Crippen LogP contribution in [-0.2, 0) is 11.7 Å². The summed E-state index contributed by atoms with van der Waals surface area (Å²) >= 11 is 0. The number of alkyl halides is 3. The lowest BCUT2D eigenvalue weighted by atomic mass is 10.0. The number of halogens is 4. The Morgan fingerprint density at radius 3 is 2.21 bits per heavy atom. The first-order valence-electron chi connectivity index (χ1n) is 10.9. The van der Waals surface area contributed by atoms with Crippen LogP contribution in [0.25, 0.3) is 10.9 Å². The molecule has 33 heavy (non-hydrogen) atoms. The van der Waals surface area contributed by atoms with Gasteiger partial charge in [-0.3, -0.25) is 4.79 Å². The predicted octanol–water partition coefficient (Wildman–Crippen LogP) is 4.03. The van der Waals surface area contributed by atoms with Gasteiger partial charge in [0.05, 0.1) is 33.4 Å². The molecule has 174 valence electrons. The van der Waals surface area contributed by atoms with E-state index in [4.69, 9.17) is 5.73 Å². The maximum atomic E-state index is 15.1. The molecule has 2 fully saturated rings. The standard InChI is InChI=1S/C24H24F4N4O/c1-30-8-10-31(11-9-30)21-13-20-17(12-18(21)25)22(33)19(29)14-32(20)23(6-7-23)15-2-4-16(5-3-15)24(26,27)28/h2-5,12-14H,6-11,29H2,1H3. The average molecular weight is 460 g/mol. The molecule has 1 aliphatic carbocycles. The van der Waals surface area contributed by atoms with Crippen molar-refractivity contribution < 1.29 is 17.6 Å². The first kappa shape index (κ1) is 21.8. The van der Waals surface area contributed by atoms with Crippen LogP contribution in [0.2, 0.25) is 0 Å². The molecule has 5 nitrogen and oxygen atoms in total. The zero-order valence-corrected chi connectivity index (χ0v) is 18.1. The quantitative estimate of drug-likeness (QED) is 0.600. The highest BCUT2D eigenvalue weighted by atomic mass is 19.4. The molecule has 2 aliphatic rings. The molecular weight excluding hydrogens is 436 g/mol. The van der Waals surface area contributed by atoms with Crippen molar-refractivity contribution >= 4 is 22.3 Å². The summed E-state index contributed by atoms with van der Waals surface area (Å²) in [7, 11) is 2.01. The molecule has 2 aromatic carbocycles. The van der Waals surface area contributed by atoms with Crippen molar-refractivity contribution in [2.75, 3.05) is 43.9 Å². The topological polar surface area (TPSA) is 54.5 Å². The Morgan fingerprint density at radius 1 is 1.00 bits per heavy atom. The summed E-state index contributed by atoms with van der Waals surface area (Å²) in [6.45, 7) is 2.90. The maximum Gasteiger partial charge on any atom is 0.416 e. The van der Waals surface area contributed by atoms with Crippen molar-refractivity contribution in [3.63, 3.8) is 0 Å². The molecule has 0 bridgehead atoms. The molecule has 9 heteroatoms. The second-order valence-corrected chi connectivity index (χ2v) is 9.00. The van der Waals surface area contributed by atoms with E-state index in [9.17, 15) is 18.0 Å². The van der Waals surface area contributed by atoms with Gasteiger partial charge >= 0.3 is 6.18 Å². The number of hydrogen-bond donors (Lipinski definition) is 1. The Bertz CT molecular complexity index is 1270. The molecule has 1 aromatic heterocycles. The van der Waals surface area contributed by atoms with Crippen molar-refractivity contribution in [3.8, 4) is 0 Å². The van der Waals surface area contributed by atoms with E-state index < -0.39 is 28.5 Å². The van der Waals surface area contributed by atoms with E-state index in [0.29, 0.717) is 42.7 Å². The maximum absolute atomic E-state index is 15.1. The summed E-state index contributed by atoms with van der Waals surface area (Å²) in [4.78, 5) is 16.9. The molecule has 1 aliphatic heterocycles. The number of pyridine rings is 1. The summed E-state index contributed by atoms with van der Waals surface area (Å²) in [6.07, 6.45) is -1.52. The first-order chi connectivity index (χ1) is 15.6. The van der Waals surface area contributed by atoms with Crippen molar-refractivity contribution in [3.05, 3.63) is 69.8 Å². The summed E-state index contributed by atoms with van der Waals surface area (Å²) in [5, 5.41) is 0.170. The fourth-order valence-corrected chi connectivity index (χ4v) is 4.76. The number of hydrogen-bond acceptors (Lipinski definition) is 4. The lowest BCUT2D eigenvalue weighted by Gasteiger charge is -2.34. The van der Waals surface area contributed by atoms with E-state index in [0.717, 1.165) is 25.2 Å². The highest BCUT2D eigenvalue weighted by Gasteiger charge is 2.47. The zero-order chi connectivity index (χ0) is 23.5. The van der Waals surface area contributed by atoms with E-state index in [1.54, 1.807) is 12.3 Å². The summed E-state index contributed by atoms with van der Waals surface area (Å²) in [5.74, 6) is -0.485. The van der Waals surface area contributed by atoms with Gasteiger partial charge in [-0.1, -0.05) is 12.1 Å². The average Bonchev–Trinajstić information content (AvgIpc) is 3.58. The largest absolute Gasteiger partial charge is 0.416 e. The molecule has 5 rings (SSSR count). The predicted molar refractivity (Wildman–Crippen MR) is 120 cm³/mol. The molecule has 2 N–H and O–H groups in total. The molecule has 1 saturated heterocycles. The molecule has 0 unspecified atom stereocenters. The van der Waals surface area contributed by atoms with Crippen molar-refractivity contribution in [2.24, 2.45) is 0 Å². The number of piperazine rings is 1. The highest BCUT2D eigenvalue weighted by Crippen LogP contribution is 2.51. The van der Waals surface area contributed by atoms with Gasteiger partial charge in [0.15, 0.2) is 0 Å². The third kappa shape index (κ3) is 3.64. The third-order valence-corrected chi connectivity index (χ3v) is 6.88. The van der Waals surface area contributed by atoms with E-state index in [1.165, 1.54) is 18.2 Å². The third-order valence-electron chi connectivity index (χ3n) is 6.88. The second-order valence-electron chi connectivity index (χ2n) is 9.00. The number of rotatable bonds is 3. The van der Waals surface area contributed by atoms with E-state index in [-0.39, 0.29) is 11.1 Å². The number of likely N-dealkylation sites (N-methyl/N-ethyl adjacent to an activating group) is 1. The minimum Gasteiger partial charge on any atom is -0.394 e. The minimum atomic E-state index is -4.42. The smallest absolute Gasteiger partial charge is 0.394 e. The molecular formula is C24H24F4N4O. The second kappa shape index (κ2) is 7.48. The number of nitrogens with two attached hydrogens (primary N) is 1. The molecule has 2 heterocycles. The van der Waals surface area contributed by atoms with E-state index in [1.807, 2.05) is 16.5 Å². The lowest BCUT2D eigenvalue weighted by Crippen LogP contribution is -2.44. The number of fused-ring (bicyclic) bond motifs is 1. The van der Waals surface area contributed by atoms with Gasteiger partial charge in [-0.05, 0) is 49.7 Å². The van der Waals surface area contributed by atoms with Crippen molar-refractivity contribution in [2.45, 2.75) is 24.6 Å². The number of aromatic nitrogens is 1. The normalized spacial score (nSPS) is 18.6. The summed E-state index contributed by atoms with van der Waals surface area (Å²) in [5.41, 5.74) is 5.83. The van der Waals surface area contributed by atoms with Crippen molar-refractivity contribution in [1.29, 1.82) is 0 Å². The van der Waals surface area contributed by atoms with Crippen LogP contribution in [0, 0.1) is 5.82 Å². The van der Waals surface area contributed by atoms with Crippen LogP contribution in [-0.4, -0.2) is 42.7 Å². The Labute approximate surface area is 188 Å². The fraction of sp³-hybridized carbons (Fsp3) is 0.375. The molecule has 0 atom stereocenters. The Morgan fingerprint density at radius 2 is 1.64 bits per heavy atom. The summed E-state index contributed by atoms with van der Waals surface area (Å²) in [6, 6.07) is 8.00. The minimum absolute atomic E-state index is 0.0209. The molecule has 0 radical (unpaired) electrons. The monoisotopic (exact) mass is 460 g/mol. The SMILES string of the molecule is CN1CCN(c2cc3c(cc2F)c(=O)c(N)cn3C2(c3ccc(C(F)(F)F)cc3)CC2)CC1. The number of nitrogens with zero attached hydrogens (tertiary/aromatic N) is 3. The van der Waals surface area contributed by atoms with Gasteiger partial charge in [0.1, 0.15) is 5.82 Å².